The number of oxime groups is 1. The van der Waals surface area contributed by atoms with Gasteiger partial charge in [0.15, 0.2) is 5.13 Å². The van der Waals surface area contributed by atoms with Gasteiger partial charge in [0.25, 0.3) is 23.3 Å². The van der Waals surface area contributed by atoms with E-state index in [0.717, 1.165) is 23.0 Å². The van der Waals surface area contributed by atoms with Gasteiger partial charge in [-0.25, -0.2) is 0 Å². The number of aliphatic carboxylic acids is 1. The van der Waals surface area contributed by atoms with Crippen molar-refractivity contribution < 1.29 is 28.9 Å². The van der Waals surface area contributed by atoms with Gasteiger partial charge >= 0.3 is 0 Å². The van der Waals surface area contributed by atoms with Gasteiger partial charge in [-0.3, -0.25) is 14.5 Å². The molecule has 3 aromatic rings. The second-order valence-corrected chi connectivity index (χ2v) is 13.1. The van der Waals surface area contributed by atoms with E-state index in [1.54, 1.807) is 28.7 Å². The Morgan fingerprint density at radius 2 is 2.26 bits per heavy atom. The number of fused-ring (bicyclic) bond motifs is 2. The Balaban J connectivity index is 1.10. The first kappa shape index (κ1) is 28.2. The summed E-state index contributed by atoms with van der Waals surface area (Å²) >= 11 is 5.27. The van der Waals surface area contributed by atoms with Crippen molar-refractivity contribution in [3.63, 3.8) is 0 Å². The number of nitrogens with two attached hydrogens (primary N) is 1. The van der Waals surface area contributed by atoms with Gasteiger partial charge in [0, 0.05) is 34.5 Å². The average molecular weight is 645 g/mol. The lowest BCUT2D eigenvalue weighted by molar-refractivity contribution is -0.553. The molecule has 0 spiro atoms. The van der Waals surface area contributed by atoms with Gasteiger partial charge in [-0.1, -0.05) is 5.16 Å². The van der Waals surface area contributed by atoms with Crippen molar-refractivity contribution >= 4 is 93.1 Å². The molecule has 0 bridgehead atoms. The second-order valence-electron chi connectivity index (χ2n) is 8.74. The number of nitrogen functional groups attached to an aromatic ring is 1. The Morgan fingerprint density at radius 3 is 2.98 bits per heavy atom. The van der Waals surface area contributed by atoms with E-state index in [4.69, 9.17) is 10.6 Å². The summed E-state index contributed by atoms with van der Waals surface area (Å²) in [6.45, 7) is 0. The molecule has 2 amide bonds. The Labute approximate surface area is 254 Å². The van der Waals surface area contributed by atoms with Gasteiger partial charge in [-0.05, 0) is 11.6 Å². The molecular weight excluding hydrogens is 625 g/mol. The summed E-state index contributed by atoms with van der Waals surface area (Å²) in [5, 5.41) is 24.1. The molecule has 6 rings (SSSR count). The van der Waals surface area contributed by atoms with Crippen LogP contribution in [-0.2, 0) is 19.2 Å². The molecule has 1 saturated heterocycles. The zero-order chi connectivity index (χ0) is 29.4. The number of anilines is 1. The molecule has 6 heterocycles. The van der Waals surface area contributed by atoms with Crippen molar-refractivity contribution in [3.05, 3.63) is 53.2 Å². The number of aromatic nitrogens is 5. The molecule has 1 fully saturated rings. The first-order valence-corrected chi connectivity index (χ1v) is 15.9. The van der Waals surface area contributed by atoms with Crippen molar-refractivity contribution in [2.24, 2.45) is 10.1 Å². The number of nitrogens with zero attached hydrogens (tertiary/aromatic N) is 8. The molecule has 3 aliphatic rings. The molecule has 0 aliphatic carbocycles. The van der Waals surface area contributed by atoms with Crippen LogP contribution in [0.4, 0.5) is 5.13 Å². The van der Waals surface area contributed by atoms with E-state index in [-0.39, 0.29) is 26.9 Å². The molecule has 0 aromatic carbocycles. The average Bonchev–Trinajstić information content (AvgIpc) is 3.63. The Kier molecular flexibility index (Phi) is 7.88. The van der Waals surface area contributed by atoms with Crippen LogP contribution in [0.5, 0.6) is 0 Å². The molecule has 42 heavy (non-hydrogen) atoms. The Hall–Kier alpha value is -3.94. The predicted molar refractivity (Wildman–Crippen MR) is 157 cm³/mol. The van der Waals surface area contributed by atoms with Gasteiger partial charge in [-0.15, -0.1) is 49.9 Å². The van der Waals surface area contributed by atoms with Gasteiger partial charge in [-0.2, -0.15) is 13.9 Å². The highest BCUT2D eigenvalue weighted by molar-refractivity contribution is 8.19. The number of thioether (sulfide) groups is 3. The maximum atomic E-state index is 13.1. The number of aliphatic imine (C=N–C) groups is 1. The van der Waals surface area contributed by atoms with Gasteiger partial charge in [0.1, 0.15) is 41.7 Å². The summed E-state index contributed by atoms with van der Waals surface area (Å²) in [7, 11) is 1.25. The number of nitrogens with one attached hydrogen (secondary N) is 1. The first-order valence-electron chi connectivity index (χ1n) is 12.1. The SMILES string of the molecule is CO/N=C(\C(=O)N[C@@H]1C(=O)N2C(C(=O)[O-])=C(CSC3C=NC([n+]4ccn5ncccc54)=CS3)CSC12)c1nsc(N)n1. The summed E-state index contributed by atoms with van der Waals surface area (Å²) in [5.41, 5.74) is 6.61. The molecule has 3 N–H and O–H groups in total. The highest BCUT2D eigenvalue weighted by Crippen LogP contribution is 2.42. The smallest absolute Gasteiger partial charge is 0.278 e. The van der Waals surface area contributed by atoms with E-state index >= 15 is 0 Å². The lowest BCUT2D eigenvalue weighted by Crippen LogP contribution is -2.71. The van der Waals surface area contributed by atoms with E-state index in [0.29, 0.717) is 17.1 Å². The maximum Gasteiger partial charge on any atom is 0.278 e. The van der Waals surface area contributed by atoms with E-state index in [1.807, 2.05) is 34.5 Å². The van der Waals surface area contributed by atoms with Crippen LogP contribution in [-0.4, -0.2) is 88.2 Å². The fourth-order valence-corrected chi connectivity index (χ4v) is 8.30. The fourth-order valence-electron chi connectivity index (χ4n) is 4.39. The second kappa shape index (κ2) is 11.7. The number of carbonyl (C=O) groups is 3. The predicted octanol–water partition coefficient (Wildman–Crippen LogP) is -0.857. The summed E-state index contributed by atoms with van der Waals surface area (Å²) in [6, 6.07) is 2.80. The highest BCUT2D eigenvalue weighted by atomic mass is 32.2. The summed E-state index contributed by atoms with van der Waals surface area (Å²) in [5.74, 6) is -1.38. The lowest BCUT2D eigenvalue weighted by atomic mass is 10.0. The molecule has 3 aliphatic heterocycles. The molecule has 2 unspecified atom stereocenters. The summed E-state index contributed by atoms with van der Waals surface area (Å²) in [6.07, 6.45) is 7.23. The van der Waals surface area contributed by atoms with Crippen LogP contribution in [0.1, 0.15) is 5.82 Å². The minimum atomic E-state index is -1.45. The molecule has 0 saturated carbocycles. The van der Waals surface area contributed by atoms with Gasteiger partial charge < -0.3 is 25.8 Å². The Morgan fingerprint density at radius 1 is 1.40 bits per heavy atom. The fraction of sp³-hybridized carbons (Fsp3) is 0.261. The van der Waals surface area contributed by atoms with Crippen molar-refractivity contribution in [3.8, 4) is 0 Å². The first-order chi connectivity index (χ1) is 20.4. The number of carboxylic acid groups (broad SMARTS) is 1. The Bertz CT molecular complexity index is 1720. The van der Waals surface area contributed by atoms with Crippen LogP contribution in [0.3, 0.4) is 0 Å². The lowest BCUT2D eigenvalue weighted by Gasteiger charge is -2.50. The van der Waals surface area contributed by atoms with Crippen LogP contribution >= 0.6 is 46.8 Å². The minimum Gasteiger partial charge on any atom is -0.543 e. The van der Waals surface area contributed by atoms with E-state index in [9.17, 15) is 19.5 Å². The largest absolute Gasteiger partial charge is 0.543 e. The number of hydrogen-bond acceptors (Lipinski definition) is 15. The van der Waals surface area contributed by atoms with Crippen LogP contribution in [0.2, 0.25) is 0 Å². The molecular formula is C23H20N10O5S4. The standard InChI is InChI=1S/C23H20N10O5S4/c1-38-29-15(18-28-23(24)42-30-18)19(34)27-16-20(35)33-17(22(36)37)11(9-41-21(16)33)8-39-14-7-25-12(10-40-14)31-5-6-32-13(31)3-2-4-26-32/h2-7,10,14,16,21H,8-9H2,1H3,(H3-,24,27,28,30,34,36,37)/b29-15-/t14?,16-,21?/m1/s1. The third-order valence-electron chi connectivity index (χ3n) is 6.24. The monoisotopic (exact) mass is 644 g/mol. The quantitative estimate of drug-likeness (QED) is 0.127. The number of amides is 2. The third kappa shape index (κ3) is 5.23. The molecule has 15 nitrogen and oxygen atoms in total. The van der Waals surface area contributed by atoms with Crippen molar-refractivity contribution in [2.45, 2.75) is 16.0 Å². The zero-order valence-corrected chi connectivity index (χ0v) is 24.8. The number of carboxylic acids is 1. The number of imidazole rings is 1. The number of β-lactam (4-membered cyclic amide) rings is 1. The summed E-state index contributed by atoms with van der Waals surface area (Å²) < 4.78 is 7.56. The number of hydrogen-bond donors (Lipinski definition) is 2. The van der Waals surface area contributed by atoms with Crippen LogP contribution in [0.25, 0.3) is 11.5 Å². The van der Waals surface area contributed by atoms with Crippen molar-refractivity contribution in [2.75, 3.05) is 24.3 Å². The van der Waals surface area contributed by atoms with Crippen molar-refractivity contribution in [1.82, 2.24) is 29.2 Å². The van der Waals surface area contributed by atoms with E-state index < -0.39 is 29.2 Å². The molecule has 0 radical (unpaired) electrons. The topological polar surface area (TPSA) is 196 Å². The molecule has 19 heteroatoms. The third-order valence-corrected chi connectivity index (χ3v) is 10.6. The van der Waals surface area contributed by atoms with Crippen LogP contribution < -0.4 is 20.7 Å². The maximum absolute atomic E-state index is 13.1. The number of carbonyl (C=O) groups excluding carboxylic acids is 3. The van der Waals surface area contributed by atoms with E-state index in [2.05, 4.69) is 29.9 Å². The molecule has 3 aromatic heterocycles. The highest BCUT2D eigenvalue weighted by Gasteiger charge is 2.53. The zero-order valence-electron chi connectivity index (χ0n) is 21.5. The molecule has 216 valence electrons. The van der Waals surface area contributed by atoms with E-state index in [1.165, 1.54) is 35.5 Å². The van der Waals surface area contributed by atoms with Crippen LogP contribution in [0.15, 0.2) is 57.5 Å². The van der Waals surface area contributed by atoms with Crippen molar-refractivity contribution in [1.29, 1.82) is 0 Å². The minimum absolute atomic E-state index is 0.0462. The number of rotatable bonds is 9. The van der Waals surface area contributed by atoms with Gasteiger partial charge in [0.2, 0.25) is 11.5 Å². The molecule has 3 atom stereocenters. The summed E-state index contributed by atoms with van der Waals surface area (Å²) in [4.78, 5) is 52.5. The normalized spacial score (nSPS) is 22.1. The van der Waals surface area contributed by atoms with Crippen LogP contribution in [0, 0.1) is 0 Å². The van der Waals surface area contributed by atoms with Gasteiger partial charge in [0.05, 0.1) is 17.9 Å².